The third-order valence-electron chi connectivity index (χ3n) is 15.5. The first kappa shape index (κ1) is 96.7. The molecular weight excluding hydrogens is 1330 g/mol. The number of hydrogen-bond acceptors (Lipinski definition) is 15. The second-order valence-electron chi connectivity index (χ2n) is 25.1. The van der Waals surface area contributed by atoms with E-state index in [1.54, 1.807) is 0 Å². The third kappa shape index (κ3) is 73.0. The van der Waals surface area contributed by atoms with E-state index >= 15 is 0 Å². The van der Waals surface area contributed by atoms with Gasteiger partial charge in [-0.1, -0.05) is 250 Å². The molecule has 0 saturated carbocycles. The highest BCUT2D eigenvalue weighted by atomic mass is 31.2. The summed E-state index contributed by atoms with van der Waals surface area (Å²) in [5.74, 6) is -2.30. The first-order chi connectivity index (χ1) is 49.7. The minimum Gasteiger partial charge on any atom is -0.462 e. The summed E-state index contributed by atoms with van der Waals surface area (Å²) < 4.78 is 68.4. The molecule has 5 atom stereocenters. The molecule has 0 rings (SSSR count). The molecule has 3 N–H and O–H groups in total. The highest BCUT2D eigenvalue weighted by Crippen LogP contribution is 2.45. The van der Waals surface area contributed by atoms with E-state index in [2.05, 4.69) is 186 Å². The maximum atomic E-state index is 13.1. The van der Waals surface area contributed by atoms with Gasteiger partial charge in [0.25, 0.3) is 0 Å². The molecular formula is C83H136O17P2. The van der Waals surface area contributed by atoms with Crippen molar-refractivity contribution in [2.24, 2.45) is 0 Å². The van der Waals surface area contributed by atoms with Crippen molar-refractivity contribution in [2.75, 3.05) is 39.6 Å². The van der Waals surface area contributed by atoms with Crippen molar-refractivity contribution in [3.63, 3.8) is 0 Å². The number of rotatable bonds is 71. The van der Waals surface area contributed by atoms with Crippen molar-refractivity contribution >= 4 is 39.5 Å². The topological polar surface area (TPSA) is 237 Å². The standard InChI is InChI=1S/C83H136O17P2/c1-5-9-13-17-21-25-29-33-36-37-38-39-42-45-48-52-56-60-64-68-81(86)94-73-78(99-82(87)69-65-61-57-53-49-43-32-28-24-20-16-12-8-4)75-97-101(89,90)95-71-77(84)72-96-102(91,92)98-76-79(100-83(88)70-66-62-58-54-50-46-41-35-31-27-23-19-15-11-7-3)74-93-80(85)67-63-59-55-51-47-44-40-34-30-26-22-18-14-10-6-2/h9-11,13-15,21-23,25-28,32-36,38-41,45,47-48,51,77-79,84H,5-8,12,16-20,24,29-31,37,42-44,46,49-50,52-76H2,1-4H3,(H,89,90)(H,91,92)/b13-9-,14-10-,15-11-,25-21-,26-22-,27-23-,32-28-,36-33-,39-38-,40-34-,41-35-,48-45-,51-47-. The minimum atomic E-state index is -5.00. The first-order valence-electron chi connectivity index (χ1n) is 38.7. The van der Waals surface area contributed by atoms with Gasteiger partial charge in [-0.15, -0.1) is 0 Å². The molecule has 0 aromatic rings. The fraction of sp³-hybridized carbons (Fsp3) is 0.639. The Labute approximate surface area is 617 Å². The Hall–Kier alpha value is -5.32. The third-order valence-corrected chi connectivity index (χ3v) is 17.4. The van der Waals surface area contributed by atoms with Gasteiger partial charge in [0, 0.05) is 25.7 Å². The number of hydrogen-bond donors (Lipinski definition) is 3. The van der Waals surface area contributed by atoms with Crippen LogP contribution in [0.1, 0.15) is 285 Å². The normalized spacial score (nSPS) is 14.8. The lowest BCUT2D eigenvalue weighted by Crippen LogP contribution is -2.30. The van der Waals surface area contributed by atoms with Gasteiger partial charge >= 0.3 is 39.5 Å². The molecule has 0 aromatic heterocycles. The number of carbonyl (C=O) groups is 4. The van der Waals surface area contributed by atoms with Crippen LogP contribution in [0.25, 0.3) is 0 Å². The maximum Gasteiger partial charge on any atom is 0.472 e. The Bertz CT molecular complexity index is 2550. The fourth-order valence-corrected chi connectivity index (χ4v) is 11.2. The molecule has 17 nitrogen and oxygen atoms in total. The predicted molar refractivity (Wildman–Crippen MR) is 417 cm³/mol. The van der Waals surface area contributed by atoms with E-state index < -0.39 is 97.5 Å². The SMILES string of the molecule is CC/C=C\C/C=C\C/C=C\C/C=C\C/C=C\CCCCCC(=O)OCC(COP(=O)(O)OCC(O)COP(=O)(O)OCC(COC(=O)CCCC/C=C\C/C=C\C/C=C\C/C=C\CC)OC(=O)CCCCCCC/C=C\C/C=C\C/C=C\CC)OC(=O)CCCCCCC/C=C\CCCCCC. The summed E-state index contributed by atoms with van der Waals surface area (Å²) in [6.07, 6.45) is 85.2. The van der Waals surface area contributed by atoms with Crippen molar-refractivity contribution in [1.82, 2.24) is 0 Å². The highest BCUT2D eigenvalue weighted by Gasteiger charge is 2.30. The van der Waals surface area contributed by atoms with Crippen molar-refractivity contribution in [3.8, 4) is 0 Å². The minimum absolute atomic E-state index is 0.0605. The van der Waals surface area contributed by atoms with E-state index in [4.69, 9.17) is 37.0 Å². The first-order valence-corrected chi connectivity index (χ1v) is 41.7. The van der Waals surface area contributed by atoms with Gasteiger partial charge in [0.15, 0.2) is 12.2 Å². The average molecular weight is 1470 g/mol. The number of unbranched alkanes of at least 4 members (excludes halogenated alkanes) is 19. The van der Waals surface area contributed by atoms with Crippen LogP contribution in [0, 0.1) is 0 Å². The Balaban J connectivity index is 5.44. The van der Waals surface area contributed by atoms with E-state index in [0.717, 1.165) is 180 Å². The molecule has 0 bridgehead atoms. The van der Waals surface area contributed by atoms with Gasteiger partial charge < -0.3 is 33.8 Å². The van der Waals surface area contributed by atoms with Crippen LogP contribution >= 0.6 is 15.6 Å². The molecule has 0 spiro atoms. The van der Waals surface area contributed by atoms with Crippen LogP contribution in [0.15, 0.2) is 158 Å². The van der Waals surface area contributed by atoms with E-state index in [1.807, 2.05) is 0 Å². The molecule has 0 aliphatic heterocycles. The molecule has 19 heteroatoms. The molecule has 0 saturated heterocycles. The highest BCUT2D eigenvalue weighted by molar-refractivity contribution is 7.47. The zero-order chi connectivity index (χ0) is 74.6. The lowest BCUT2D eigenvalue weighted by atomic mass is 10.1. The summed E-state index contributed by atoms with van der Waals surface area (Å²) in [7, 11) is -9.99. The Morgan fingerprint density at radius 2 is 0.510 bits per heavy atom. The number of aliphatic hydroxyl groups is 1. The summed E-state index contributed by atoms with van der Waals surface area (Å²) in [5, 5.41) is 10.6. The average Bonchev–Trinajstić information content (AvgIpc) is 0.908. The van der Waals surface area contributed by atoms with Crippen molar-refractivity contribution in [2.45, 2.75) is 303 Å². The number of phosphoric acid groups is 2. The zero-order valence-corrected chi connectivity index (χ0v) is 65.0. The molecule has 0 heterocycles. The summed E-state index contributed by atoms with van der Waals surface area (Å²) in [6.45, 7) is 4.38. The Morgan fingerprint density at radius 1 is 0.284 bits per heavy atom. The number of allylic oxidation sites excluding steroid dienone is 26. The van der Waals surface area contributed by atoms with Crippen LogP contribution < -0.4 is 0 Å². The monoisotopic (exact) mass is 1470 g/mol. The predicted octanol–water partition coefficient (Wildman–Crippen LogP) is 22.4. The number of carbonyl (C=O) groups excluding carboxylic acids is 4. The van der Waals surface area contributed by atoms with Crippen LogP contribution in [-0.4, -0.2) is 96.7 Å². The lowest BCUT2D eigenvalue weighted by Gasteiger charge is -2.21. The van der Waals surface area contributed by atoms with Crippen molar-refractivity contribution < 1.29 is 80.2 Å². The Morgan fingerprint density at radius 3 is 0.824 bits per heavy atom. The van der Waals surface area contributed by atoms with Crippen molar-refractivity contribution in [3.05, 3.63) is 158 Å². The smallest absolute Gasteiger partial charge is 0.462 e. The van der Waals surface area contributed by atoms with Gasteiger partial charge in [-0.2, -0.15) is 0 Å². The molecule has 580 valence electrons. The molecule has 5 unspecified atom stereocenters. The van der Waals surface area contributed by atoms with Gasteiger partial charge in [0.1, 0.15) is 19.3 Å². The maximum absolute atomic E-state index is 13.1. The number of esters is 4. The van der Waals surface area contributed by atoms with Gasteiger partial charge in [-0.25, -0.2) is 9.13 Å². The largest absolute Gasteiger partial charge is 0.472 e. The van der Waals surface area contributed by atoms with E-state index in [-0.39, 0.29) is 25.7 Å². The molecule has 0 aromatic carbocycles. The number of phosphoric ester groups is 2. The van der Waals surface area contributed by atoms with Crippen LogP contribution in [0.3, 0.4) is 0 Å². The zero-order valence-electron chi connectivity index (χ0n) is 63.2. The summed E-state index contributed by atoms with van der Waals surface area (Å²) in [5.41, 5.74) is 0. The van der Waals surface area contributed by atoms with Crippen LogP contribution in [0.2, 0.25) is 0 Å². The quantitative estimate of drug-likeness (QED) is 0.0169. The molecule has 0 radical (unpaired) electrons. The van der Waals surface area contributed by atoms with Gasteiger partial charge in [0.05, 0.1) is 26.4 Å². The Kier molecular flexibility index (Phi) is 70.1. The molecule has 0 amide bonds. The van der Waals surface area contributed by atoms with E-state index in [1.165, 1.54) is 25.7 Å². The van der Waals surface area contributed by atoms with Crippen molar-refractivity contribution in [1.29, 1.82) is 0 Å². The van der Waals surface area contributed by atoms with E-state index in [9.17, 15) is 43.2 Å². The summed E-state index contributed by atoms with van der Waals surface area (Å²) >= 11 is 0. The second kappa shape index (κ2) is 74.0. The fourth-order valence-electron chi connectivity index (χ4n) is 9.66. The van der Waals surface area contributed by atoms with Gasteiger partial charge in [-0.05, 0) is 167 Å². The van der Waals surface area contributed by atoms with Crippen LogP contribution in [-0.2, 0) is 65.4 Å². The van der Waals surface area contributed by atoms with E-state index in [0.29, 0.717) is 25.7 Å². The number of aliphatic hydroxyl groups excluding tert-OH is 1. The molecule has 0 fully saturated rings. The van der Waals surface area contributed by atoms with Gasteiger partial charge in [0.2, 0.25) is 0 Å². The number of ether oxygens (including phenoxy) is 4. The second-order valence-corrected chi connectivity index (χ2v) is 28.1. The van der Waals surface area contributed by atoms with Gasteiger partial charge in [-0.3, -0.25) is 37.3 Å². The summed E-state index contributed by atoms with van der Waals surface area (Å²) in [4.78, 5) is 72.9. The van der Waals surface area contributed by atoms with Crippen LogP contribution in [0.4, 0.5) is 0 Å². The molecule has 0 aliphatic carbocycles. The molecule has 0 aliphatic rings. The molecule has 102 heavy (non-hydrogen) atoms. The lowest BCUT2D eigenvalue weighted by molar-refractivity contribution is -0.161. The summed E-state index contributed by atoms with van der Waals surface area (Å²) in [6, 6.07) is 0. The van der Waals surface area contributed by atoms with Crippen LogP contribution in [0.5, 0.6) is 0 Å².